The minimum Gasteiger partial charge on any atom is -0.399 e. The van der Waals surface area contributed by atoms with Crippen molar-refractivity contribution in [1.82, 2.24) is 4.31 Å². The van der Waals surface area contributed by atoms with Crippen LogP contribution in [0.3, 0.4) is 0 Å². The van der Waals surface area contributed by atoms with E-state index in [1.54, 1.807) is 22.5 Å². The van der Waals surface area contributed by atoms with Gasteiger partial charge in [-0.1, -0.05) is 0 Å². The Morgan fingerprint density at radius 3 is 2.10 bits per heavy atom. The molecule has 2 N–H and O–H groups in total. The van der Waals surface area contributed by atoms with Gasteiger partial charge in [0.1, 0.15) is 0 Å². The molecule has 2 aliphatic carbocycles. The minimum atomic E-state index is -3.40. The molecule has 0 atom stereocenters. The largest absolute Gasteiger partial charge is 0.399 e. The molecule has 2 saturated carbocycles. The fourth-order valence-corrected chi connectivity index (χ4v) is 4.25. The third-order valence-corrected chi connectivity index (χ3v) is 5.84. The van der Waals surface area contributed by atoms with Crippen molar-refractivity contribution in [2.24, 2.45) is 11.8 Å². The van der Waals surface area contributed by atoms with Crippen molar-refractivity contribution < 1.29 is 8.42 Å². The number of rotatable bonds is 6. The molecule has 0 amide bonds. The van der Waals surface area contributed by atoms with Crippen molar-refractivity contribution in [2.75, 3.05) is 18.8 Å². The first-order valence-corrected chi connectivity index (χ1v) is 8.76. The molecule has 0 aliphatic heterocycles. The van der Waals surface area contributed by atoms with E-state index in [0.29, 0.717) is 35.5 Å². The van der Waals surface area contributed by atoms with Gasteiger partial charge < -0.3 is 5.73 Å². The van der Waals surface area contributed by atoms with Gasteiger partial charge in [0, 0.05) is 18.8 Å². The summed E-state index contributed by atoms with van der Waals surface area (Å²) in [6, 6.07) is 5.10. The Labute approximate surface area is 121 Å². The van der Waals surface area contributed by atoms with Gasteiger partial charge >= 0.3 is 0 Å². The van der Waals surface area contributed by atoms with Crippen LogP contribution in [-0.4, -0.2) is 25.8 Å². The molecule has 0 saturated heterocycles. The third-order valence-electron chi connectivity index (χ3n) is 4.03. The lowest BCUT2D eigenvalue weighted by molar-refractivity contribution is 0.382. The van der Waals surface area contributed by atoms with Crippen LogP contribution in [0.1, 0.15) is 31.2 Å². The zero-order valence-electron chi connectivity index (χ0n) is 11.9. The van der Waals surface area contributed by atoms with Gasteiger partial charge in [-0.05, 0) is 68.2 Å². The van der Waals surface area contributed by atoms with E-state index >= 15 is 0 Å². The predicted octanol–water partition coefficient (Wildman–Crippen LogP) is 2.39. The maximum absolute atomic E-state index is 12.8. The maximum Gasteiger partial charge on any atom is 0.243 e. The van der Waals surface area contributed by atoms with Gasteiger partial charge in [-0.15, -0.1) is 0 Å². The van der Waals surface area contributed by atoms with Crippen LogP contribution >= 0.6 is 0 Å². The van der Waals surface area contributed by atoms with Crippen molar-refractivity contribution in [2.45, 2.75) is 37.5 Å². The second-order valence-electron chi connectivity index (χ2n) is 6.29. The molecule has 4 nitrogen and oxygen atoms in total. The van der Waals surface area contributed by atoms with E-state index in [1.165, 1.54) is 0 Å². The van der Waals surface area contributed by atoms with Gasteiger partial charge in [-0.25, -0.2) is 8.42 Å². The second kappa shape index (κ2) is 5.04. The summed E-state index contributed by atoms with van der Waals surface area (Å²) in [5.74, 6) is 1.12. The van der Waals surface area contributed by atoms with Crippen LogP contribution in [0.2, 0.25) is 0 Å². The number of aryl methyl sites for hydroxylation is 1. The Morgan fingerprint density at radius 1 is 1.10 bits per heavy atom. The van der Waals surface area contributed by atoms with Crippen LogP contribution in [0.5, 0.6) is 0 Å². The number of hydrogen-bond acceptors (Lipinski definition) is 3. The molecular formula is C15H22N2O2S. The van der Waals surface area contributed by atoms with Crippen molar-refractivity contribution in [3.8, 4) is 0 Å². The summed E-state index contributed by atoms with van der Waals surface area (Å²) in [7, 11) is -3.40. The molecule has 3 rings (SSSR count). The number of anilines is 1. The molecule has 2 aliphatic rings. The van der Waals surface area contributed by atoms with E-state index in [1.807, 2.05) is 6.92 Å². The van der Waals surface area contributed by atoms with E-state index < -0.39 is 10.0 Å². The van der Waals surface area contributed by atoms with Crippen molar-refractivity contribution in [1.29, 1.82) is 0 Å². The fourth-order valence-electron chi connectivity index (χ4n) is 2.52. The monoisotopic (exact) mass is 294 g/mol. The standard InChI is InChI=1S/C15H22N2O2S/c1-11-6-14(16)8-15(7-11)20(18,19)17(9-12-2-3-12)10-13-4-5-13/h6-8,12-13H,2-5,9-10,16H2,1H3. The van der Waals surface area contributed by atoms with E-state index in [2.05, 4.69) is 0 Å². The van der Waals surface area contributed by atoms with Crippen LogP contribution in [0.25, 0.3) is 0 Å². The topological polar surface area (TPSA) is 63.4 Å². The van der Waals surface area contributed by atoms with Crippen LogP contribution in [0.4, 0.5) is 5.69 Å². The lowest BCUT2D eigenvalue weighted by Gasteiger charge is -2.22. The van der Waals surface area contributed by atoms with E-state index in [-0.39, 0.29) is 0 Å². The van der Waals surface area contributed by atoms with E-state index in [0.717, 1.165) is 31.2 Å². The van der Waals surface area contributed by atoms with Gasteiger partial charge in [0.25, 0.3) is 0 Å². The summed E-state index contributed by atoms with van der Waals surface area (Å²) in [6.07, 6.45) is 4.64. The molecule has 20 heavy (non-hydrogen) atoms. The summed E-state index contributed by atoms with van der Waals surface area (Å²) in [4.78, 5) is 0.344. The Hall–Kier alpha value is -1.07. The number of nitrogen functional groups attached to an aromatic ring is 1. The Bertz CT molecular complexity index is 570. The number of hydrogen-bond donors (Lipinski definition) is 1. The second-order valence-corrected chi connectivity index (χ2v) is 8.23. The first-order chi connectivity index (χ1) is 9.45. The number of benzene rings is 1. The van der Waals surface area contributed by atoms with Gasteiger partial charge in [0.05, 0.1) is 4.90 Å². The van der Waals surface area contributed by atoms with Crippen molar-refractivity contribution in [3.63, 3.8) is 0 Å². The summed E-state index contributed by atoms with van der Waals surface area (Å²) < 4.78 is 27.4. The lowest BCUT2D eigenvalue weighted by Crippen LogP contribution is -2.34. The Balaban J connectivity index is 1.88. The van der Waals surface area contributed by atoms with Crippen LogP contribution < -0.4 is 5.73 Å². The quantitative estimate of drug-likeness (QED) is 0.819. The highest BCUT2D eigenvalue weighted by molar-refractivity contribution is 7.89. The maximum atomic E-state index is 12.8. The predicted molar refractivity (Wildman–Crippen MR) is 79.8 cm³/mol. The smallest absolute Gasteiger partial charge is 0.243 e. The van der Waals surface area contributed by atoms with Crippen molar-refractivity contribution in [3.05, 3.63) is 23.8 Å². The molecular weight excluding hydrogens is 272 g/mol. The molecule has 0 radical (unpaired) electrons. The summed E-state index contributed by atoms with van der Waals surface area (Å²) in [5, 5.41) is 0. The average Bonchev–Trinajstić information content (AvgIpc) is 3.21. The molecule has 0 aromatic heterocycles. The third kappa shape index (κ3) is 3.15. The van der Waals surface area contributed by atoms with Crippen LogP contribution in [0, 0.1) is 18.8 Å². The number of nitrogens with two attached hydrogens (primary N) is 1. The van der Waals surface area contributed by atoms with Crippen LogP contribution in [-0.2, 0) is 10.0 Å². The Morgan fingerprint density at radius 2 is 1.65 bits per heavy atom. The normalized spacial score (nSPS) is 19.5. The number of nitrogens with zero attached hydrogens (tertiary/aromatic N) is 1. The van der Waals surface area contributed by atoms with Crippen LogP contribution in [0.15, 0.2) is 23.1 Å². The van der Waals surface area contributed by atoms with Gasteiger partial charge in [-0.2, -0.15) is 4.31 Å². The summed E-state index contributed by atoms with van der Waals surface area (Å²) >= 11 is 0. The first kappa shape index (κ1) is 13.9. The van der Waals surface area contributed by atoms with Crippen molar-refractivity contribution >= 4 is 15.7 Å². The van der Waals surface area contributed by atoms with Gasteiger partial charge in [0.2, 0.25) is 10.0 Å². The number of sulfonamides is 1. The fraction of sp³-hybridized carbons (Fsp3) is 0.600. The average molecular weight is 294 g/mol. The van der Waals surface area contributed by atoms with Gasteiger partial charge in [-0.3, -0.25) is 0 Å². The molecule has 0 spiro atoms. The highest BCUT2D eigenvalue weighted by Crippen LogP contribution is 2.36. The molecule has 1 aromatic rings. The molecule has 1 aromatic carbocycles. The zero-order valence-corrected chi connectivity index (χ0v) is 12.7. The highest BCUT2D eigenvalue weighted by atomic mass is 32.2. The molecule has 2 fully saturated rings. The molecule has 5 heteroatoms. The SMILES string of the molecule is Cc1cc(N)cc(S(=O)(=O)N(CC2CC2)CC2CC2)c1. The lowest BCUT2D eigenvalue weighted by atomic mass is 10.2. The first-order valence-electron chi connectivity index (χ1n) is 7.32. The van der Waals surface area contributed by atoms with E-state index in [4.69, 9.17) is 5.73 Å². The van der Waals surface area contributed by atoms with Gasteiger partial charge in [0.15, 0.2) is 0 Å². The molecule has 0 bridgehead atoms. The van der Waals surface area contributed by atoms with E-state index in [9.17, 15) is 8.42 Å². The molecule has 110 valence electrons. The minimum absolute atomic E-state index is 0.344. The molecule has 0 unspecified atom stereocenters. The zero-order chi connectivity index (χ0) is 14.3. The molecule has 0 heterocycles. The summed E-state index contributed by atoms with van der Waals surface area (Å²) in [5.41, 5.74) is 7.21. The summed E-state index contributed by atoms with van der Waals surface area (Å²) in [6.45, 7) is 3.22. The highest BCUT2D eigenvalue weighted by Gasteiger charge is 2.35. The Kier molecular flexibility index (Phi) is 3.50.